The van der Waals surface area contributed by atoms with Crippen LogP contribution < -0.4 is 5.73 Å². The predicted molar refractivity (Wildman–Crippen MR) is 85.0 cm³/mol. The molecule has 0 unspecified atom stereocenters. The molecule has 2 heterocycles. The molecule has 0 saturated heterocycles. The lowest BCUT2D eigenvalue weighted by atomic mass is 9.80. The first-order chi connectivity index (χ1) is 9.06. The van der Waals surface area contributed by atoms with Crippen LogP contribution in [0.15, 0.2) is 12.5 Å². The molecule has 0 aliphatic heterocycles. The molecule has 0 amide bonds. The van der Waals surface area contributed by atoms with Crippen LogP contribution in [0.1, 0.15) is 18.9 Å². The largest absolute Gasteiger partial charge is 0.383 e. The maximum Gasteiger partial charge on any atom is 0.146 e. The van der Waals surface area contributed by atoms with Gasteiger partial charge in [-0.05, 0) is 55.4 Å². The van der Waals surface area contributed by atoms with Crippen molar-refractivity contribution in [1.82, 2.24) is 19.4 Å². The van der Waals surface area contributed by atoms with E-state index in [0.717, 1.165) is 20.5 Å². The second-order valence-corrected chi connectivity index (χ2v) is 6.76. The van der Waals surface area contributed by atoms with Crippen LogP contribution in [-0.2, 0) is 0 Å². The lowest BCUT2D eigenvalue weighted by molar-refractivity contribution is 0.159. The van der Waals surface area contributed by atoms with Crippen molar-refractivity contribution in [2.45, 2.75) is 18.9 Å². The summed E-state index contributed by atoms with van der Waals surface area (Å²) in [4.78, 5) is 10.8. The first kappa shape index (κ1) is 13.1. The molecule has 102 valence electrons. The minimum absolute atomic E-state index is 0.560. The summed E-state index contributed by atoms with van der Waals surface area (Å²) in [5.74, 6) is 1.38. The number of anilines is 1. The molecule has 0 aromatic carbocycles. The highest BCUT2D eigenvalue weighted by Gasteiger charge is 2.32. The van der Waals surface area contributed by atoms with E-state index in [0.29, 0.717) is 11.9 Å². The van der Waals surface area contributed by atoms with Gasteiger partial charge in [0, 0.05) is 22.4 Å². The summed E-state index contributed by atoms with van der Waals surface area (Å²) in [6, 6.07) is 0.560. The summed E-state index contributed by atoms with van der Waals surface area (Å²) in [5, 5.41) is 0.999. The average molecular weight is 371 g/mol. The Hall–Kier alpha value is -0.890. The number of nitrogen functional groups attached to an aromatic ring is 1. The Morgan fingerprint density at radius 3 is 2.84 bits per heavy atom. The number of hydrogen-bond acceptors (Lipinski definition) is 4. The van der Waals surface area contributed by atoms with Crippen molar-refractivity contribution in [3.05, 3.63) is 16.1 Å². The fraction of sp³-hybridized carbons (Fsp3) is 0.538. The van der Waals surface area contributed by atoms with Crippen LogP contribution in [-0.4, -0.2) is 40.1 Å². The maximum atomic E-state index is 5.95. The van der Waals surface area contributed by atoms with Crippen LogP contribution in [0.4, 0.5) is 5.82 Å². The van der Waals surface area contributed by atoms with E-state index in [1.165, 1.54) is 19.4 Å². The molecule has 2 aromatic rings. The van der Waals surface area contributed by atoms with Crippen LogP contribution in [0.2, 0.25) is 0 Å². The van der Waals surface area contributed by atoms with Gasteiger partial charge in [0.25, 0.3) is 0 Å². The normalized spacial score (nSPS) is 22.9. The fourth-order valence-corrected chi connectivity index (χ4v) is 3.75. The first-order valence-electron chi connectivity index (χ1n) is 6.47. The molecular formula is C13H18IN5. The summed E-state index contributed by atoms with van der Waals surface area (Å²) < 4.78 is 3.42. The Kier molecular flexibility index (Phi) is 3.38. The van der Waals surface area contributed by atoms with E-state index in [1.54, 1.807) is 6.33 Å². The fourth-order valence-electron chi connectivity index (χ4n) is 2.93. The standard InChI is InChI=1S/C13H18IN5/c1-18(2)5-8-3-9(4-8)19-6-10(14)11-12(15)16-7-17-13(11)19/h6-9H,3-5H2,1-2H3,(H2,15,16,17). The van der Waals surface area contributed by atoms with Crippen LogP contribution >= 0.6 is 22.6 Å². The molecule has 1 aliphatic carbocycles. The number of hydrogen-bond donors (Lipinski definition) is 1. The average Bonchev–Trinajstić information content (AvgIpc) is 2.62. The summed E-state index contributed by atoms with van der Waals surface area (Å²) in [6.07, 6.45) is 6.16. The number of nitrogens with zero attached hydrogens (tertiary/aromatic N) is 4. The summed E-state index contributed by atoms with van der Waals surface area (Å²) in [7, 11) is 4.27. The van der Waals surface area contributed by atoms with E-state index in [9.17, 15) is 0 Å². The molecule has 1 fully saturated rings. The molecule has 2 aromatic heterocycles. The van der Waals surface area contributed by atoms with Gasteiger partial charge < -0.3 is 15.2 Å². The van der Waals surface area contributed by atoms with Gasteiger partial charge in [0.05, 0.1) is 5.39 Å². The lowest BCUT2D eigenvalue weighted by Crippen LogP contribution is -2.33. The SMILES string of the molecule is CN(C)CC1CC(n2cc(I)c3c(N)ncnc32)C1. The maximum absolute atomic E-state index is 5.95. The van der Waals surface area contributed by atoms with Gasteiger partial charge in [-0.3, -0.25) is 0 Å². The molecule has 0 spiro atoms. The van der Waals surface area contributed by atoms with Crippen LogP contribution in [0.5, 0.6) is 0 Å². The molecule has 19 heavy (non-hydrogen) atoms. The zero-order valence-corrected chi connectivity index (χ0v) is 13.3. The van der Waals surface area contributed by atoms with Gasteiger partial charge in [-0.1, -0.05) is 0 Å². The van der Waals surface area contributed by atoms with E-state index in [1.807, 2.05) is 0 Å². The van der Waals surface area contributed by atoms with Gasteiger partial charge in [-0.2, -0.15) is 0 Å². The molecular weight excluding hydrogens is 353 g/mol. The zero-order chi connectivity index (χ0) is 13.6. The number of rotatable bonds is 3. The van der Waals surface area contributed by atoms with Crippen molar-refractivity contribution in [3.63, 3.8) is 0 Å². The van der Waals surface area contributed by atoms with Crippen molar-refractivity contribution in [2.24, 2.45) is 5.92 Å². The number of fused-ring (bicyclic) bond motifs is 1. The third kappa shape index (κ3) is 2.31. The Labute approximate surface area is 126 Å². The highest BCUT2D eigenvalue weighted by Crippen LogP contribution is 2.41. The van der Waals surface area contributed by atoms with Gasteiger partial charge in [0.2, 0.25) is 0 Å². The summed E-state index contributed by atoms with van der Waals surface area (Å²) >= 11 is 2.31. The predicted octanol–water partition coefficient (Wildman–Crippen LogP) is 2.13. The number of nitrogens with two attached hydrogens (primary N) is 1. The van der Waals surface area contributed by atoms with Crippen LogP contribution in [0, 0.1) is 9.49 Å². The van der Waals surface area contributed by atoms with Crippen molar-refractivity contribution in [2.75, 3.05) is 26.4 Å². The van der Waals surface area contributed by atoms with E-state index >= 15 is 0 Å². The minimum Gasteiger partial charge on any atom is -0.383 e. The Morgan fingerprint density at radius 1 is 1.42 bits per heavy atom. The third-order valence-corrected chi connectivity index (χ3v) is 4.64. The van der Waals surface area contributed by atoms with Crippen LogP contribution in [0.3, 0.4) is 0 Å². The second-order valence-electron chi connectivity index (χ2n) is 5.60. The molecule has 0 radical (unpaired) electrons. The van der Waals surface area contributed by atoms with Gasteiger partial charge in [0.15, 0.2) is 0 Å². The zero-order valence-electron chi connectivity index (χ0n) is 11.2. The van der Waals surface area contributed by atoms with E-state index in [-0.39, 0.29) is 0 Å². The first-order valence-corrected chi connectivity index (χ1v) is 7.55. The molecule has 1 saturated carbocycles. The highest BCUT2D eigenvalue weighted by atomic mass is 127. The van der Waals surface area contributed by atoms with Gasteiger partial charge in [-0.15, -0.1) is 0 Å². The van der Waals surface area contributed by atoms with Crippen molar-refractivity contribution >= 4 is 39.4 Å². The molecule has 0 bridgehead atoms. The third-order valence-electron chi connectivity index (χ3n) is 3.82. The lowest BCUT2D eigenvalue weighted by Gasteiger charge is -2.38. The summed E-state index contributed by atoms with van der Waals surface area (Å²) in [5.41, 5.74) is 6.92. The molecule has 5 nitrogen and oxygen atoms in total. The molecule has 0 atom stereocenters. The highest BCUT2D eigenvalue weighted by molar-refractivity contribution is 14.1. The van der Waals surface area contributed by atoms with E-state index in [2.05, 4.69) is 62.3 Å². The van der Waals surface area contributed by atoms with E-state index in [4.69, 9.17) is 5.73 Å². The topological polar surface area (TPSA) is 60.0 Å². The Balaban J connectivity index is 1.86. The van der Waals surface area contributed by atoms with Crippen LogP contribution in [0.25, 0.3) is 11.0 Å². The number of aromatic nitrogens is 3. The van der Waals surface area contributed by atoms with Gasteiger partial charge >= 0.3 is 0 Å². The molecule has 2 N–H and O–H groups in total. The summed E-state index contributed by atoms with van der Waals surface area (Å²) in [6.45, 7) is 1.17. The van der Waals surface area contributed by atoms with Crippen molar-refractivity contribution < 1.29 is 0 Å². The Bertz CT molecular complexity index is 600. The Morgan fingerprint density at radius 2 is 2.16 bits per heavy atom. The van der Waals surface area contributed by atoms with Gasteiger partial charge in [0.1, 0.15) is 17.8 Å². The van der Waals surface area contributed by atoms with Crippen molar-refractivity contribution in [3.8, 4) is 0 Å². The molecule has 3 rings (SSSR count). The number of halogens is 1. The monoisotopic (exact) mass is 371 g/mol. The van der Waals surface area contributed by atoms with Gasteiger partial charge in [-0.25, -0.2) is 9.97 Å². The minimum atomic E-state index is 0.560. The molecule has 6 heteroatoms. The molecule has 1 aliphatic rings. The van der Waals surface area contributed by atoms with E-state index < -0.39 is 0 Å². The second kappa shape index (κ2) is 4.90. The quantitative estimate of drug-likeness (QED) is 0.840. The van der Waals surface area contributed by atoms with Crippen molar-refractivity contribution in [1.29, 1.82) is 0 Å². The smallest absolute Gasteiger partial charge is 0.146 e.